The topological polar surface area (TPSA) is 20.2 Å². The lowest BCUT2D eigenvalue weighted by Gasteiger charge is -2.12. The molecule has 0 amide bonds. The summed E-state index contributed by atoms with van der Waals surface area (Å²) in [4.78, 5) is 0. The van der Waals surface area contributed by atoms with Gasteiger partial charge in [-0.1, -0.05) is 26.0 Å². The molecule has 13 heavy (non-hydrogen) atoms. The molecule has 70 valence electrons. The van der Waals surface area contributed by atoms with E-state index in [0.717, 1.165) is 5.56 Å². The Kier molecular flexibility index (Phi) is 1.88. The van der Waals surface area contributed by atoms with E-state index in [1.807, 2.05) is 19.9 Å². The Hall–Kier alpha value is -0.890. The third-order valence-corrected chi connectivity index (χ3v) is 3.15. The Morgan fingerprint density at radius 1 is 1.31 bits per heavy atom. The third kappa shape index (κ3) is 1.09. The molecule has 1 aromatic carbocycles. The van der Waals surface area contributed by atoms with Crippen molar-refractivity contribution in [3.63, 3.8) is 0 Å². The molecule has 2 heteroatoms. The summed E-state index contributed by atoms with van der Waals surface area (Å²) in [6, 6.07) is 4.92. The van der Waals surface area contributed by atoms with Crippen LogP contribution in [0.2, 0.25) is 0 Å². The van der Waals surface area contributed by atoms with Crippen LogP contribution >= 0.6 is 0 Å². The molecule has 0 fully saturated rings. The smallest absolute Gasteiger partial charge is 0.127 e. The van der Waals surface area contributed by atoms with Crippen molar-refractivity contribution in [1.82, 2.24) is 0 Å². The minimum absolute atomic E-state index is 0.117. The highest BCUT2D eigenvalue weighted by atomic mass is 19.1. The van der Waals surface area contributed by atoms with Gasteiger partial charge >= 0.3 is 0 Å². The zero-order valence-corrected chi connectivity index (χ0v) is 7.79. The predicted molar refractivity (Wildman–Crippen MR) is 48.9 cm³/mol. The highest BCUT2D eigenvalue weighted by Gasteiger charge is 2.35. The van der Waals surface area contributed by atoms with Crippen molar-refractivity contribution in [1.29, 1.82) is 0 Å². The minimum atomic E-state index is -0.499. The molecule has 2 rings (SSSR count). The second kappa shape index (κ2) is 2.81. The average Bonchev–Trinajstić information content (AvgIpc) is 2.33. The Balaban J connectivity index is 2.60. The standard InChI is InChI=1S/C11H13FO/c1-6-7(2)11(13)8-4-3-5-9(12)10(6)8/h3-7,11,13H,1-2H3. The van der Waals surface area contributed by atoms with E-state index in [9.17, 15) is 9.50 Å². The number of benzene rings is 1. The zero-order valence-electron chi connectivity index (χ0n) is 7.79. The molecule has 1 N–H and O–H groups in total. The fraction of sp³-hybridized carbons (Fsp3) is 0.455. The van der Waals surface area contributed by atoms with Crippen LogP contribution in [0.15, 0.2) is 18.2 Å². The molecule has 0 heterocycles. The van der Waals surface area contributed by atoms with Crippen LogP contribution in [0.3, 0.4) is 0 Å². The van der Waals surface area contributed by atoms with Crippen molar-refractivity contribution in [2.75, 3.05) is 0 Å². The lowest BCUT2D eigenvalue weighted by molar-refractivity contribution is 0.123. The van der Waals surface area contributed by atoms with Crippen LogP contribution in [0, 0.1) is 11.7 Å². The Morgan fingerprint density at radius 2 is 2.00 bits per heavy atom. The maximum Gasteiger partial charge on any atom is 0.127 e. The molecule has 0 spiro atoms. The second-order valence-electron chi connectivity index (χ2n) is 3.84. The van der Waals surface area contributed by atoms with E-state index in [4.69, 9.17) is 0 Å². The summed E-state index contributed by atoms with van der Waals surface area (Å²) in [5, 5.41) is 9.78. The maximum absolute atomic E-state index is 13.4. The normalized spacial score (nSPS) is 31.8. The summed E-state index contributed by atoms with van der Waals surface area (Å²) in [6.07, 6.45) is -0.499. The molecule has 3 atom stereocenters. The summed E-state index contributed by atoms with van der Waals surface area (Å²) < 4.78 is 13.4. The van der Waals surface area contributed by atoms with Gasteiger partial charge in [0.25, 0.3) is 0 Å². The van der Waals surface area contributed by atoms with Gasteiger partial charge in [-0.15, -0.1) is 0 Å². The van der Waals surface area contributed by atoms with E-state index in [2.05, 4.69) is 0 Å². The SMILES string of the molecule is CC1c2c(F)cccc2C(O)C1C. The molecule has 0 aliphatic heterocycles. The highest BCUT2D eigenvalue weighted by molar-refractivity contribution is 5.38. The van der Waals surface area contributed by atoms with Gasteiger partial charge in [0.15, 0.2) is 0 Å². The summed E-state index contributed by atoms with van der Waals surface area (Å²) >= 11 is 0. The Morgan fingerprint density at radius 3 is 2.62 bits per heavy atom. The van der Waals surface area contributed by atoms with Crippen molar-refractivity contribution >= 4 is 0 Å². The largest absolute Gasteiger partial charge is 0.388 e. The summed E-state index contributed by atoms with van der Waals surface area (Å²) in [7, 11) is 0. The lowest BCUT2D eigenvalue weighted by Crippen LogP contribution is -2.04. The quantitative estimate of drug-likeness (QED) is 0.650. The molecular formula is C11H13FO. The van der Waals surface area contributed by atoms with Crippen LogP contribution in [-0.2, 0) is 0 Å². The molecule has 3 unspecified atom stereocenters. The van der Waals surface area contributed by atoms with Gasteiger partial charge in [-0.05, 0) is 29.0 Å². The number of halogens is 1. The number of aliphatic hydroxyl groups excluding tert-OH is 1. The number of aliphatic hydroxyl groups is 1. The third-order valence-electron chi connectivity index (χ3n) is 3.15. The molecule has 1 aromatic rings. The molecule has 0 aromatic heterocycles. The van der Waals surface area contributed by atoms with Crippen LogP contribution in [0.25, 0.3) is 0 Å². The second-order valence-corrected chi connectivity index (χ2v) is 3.84. The van der Waals surface area contributed by atoms with Gasteiger partial charge in [-0.2, -0.15) is 0 Å². The molecule has 0 saturated heterocycles. The van der Waals surface area contributed by atoms with Crippen molar-refractivity contribution in [3.05, 3.63) is 35.1 Å². The van der Waals surface area contributed by atoms with E-state index >= 15 is 0 Å². The predicted octanol–water partition coefficient (Wildman–Crippen LogP) is 2.61. The first-order valence-corrected chi connectivity index (χ1v) is 4.59. The summed E-state index contributed by atoms with van der Waals surface area (Å²) in [5.41, 5.74) is 1.46. The van der Waals surface area contributed by atoms with Crippen LogP contribution in [-0.4, -0.2) is 5.11 Å². The van der Waals surface area contributed by atoms with Crippen LogP contribution in [0.1, 0.15) is 37.0 Å². The van der Waals surface area contributed by atoms with Crippen molar-refractivity contribution in [3.8, 4) is 0 Å². The molecular weight excluding hydrogens is 167 g/mol. The number of fused-ring (bicyclic) bond motifs is 1. The fourth-order valence-corrected chi connectivity index (χ4v) is 2.11. The van der Waals surface area contributed by atoms with Gasteiger partial charge < -0.3 is 5.11 Å². The van der Waals surface area contributed by atoms with E-state index in [0.29, 0.717) is 5.56 Å². The monoisotopic (exact) mass is 180 g/mol. The van der Waals surface area contributed by atoms with E-state index in [-0.39, 0.29) is 17.7 Å². The first-order chi connectivity index (χ1) is 6.13. The maximum atomic E-state index is 13.4. The van der Waals surface area contributed by atoms with Crippen LogP contribution in [0.4, 0.5) is 4.39 Å². The average molecular weight is 180 g/mol. The van der Waals surface area contributed by atoms with Gasteiger partial charge in [0.1, 0.15) is 5.82 Å². The Labute approximate surface area is 77.2 Å². The molecule has 0 saturated carbocycles. The van der Waals surface area contributed by atoms with Crippen LogP contribution in [0.5, 0.6) is 0 Å². The molecule has 0 radical (unpaired) electrons. The first-order valence-electron chi connectivity index (χ1n) is 4.59. The van der Waals surface area contributed by atoms with Crippen molar-refractivity contribution in [2.24, 2.45) is 5.92 Å². The fourth-order valence-electron chi connectivity index (χ4n) is 2.11. The van der Waals surface area contributed by atoms with E-state index in [1.165, 1.54) is 6.07 Å². The van der Waals surface area contributed by atoms with Crippen LogP contribution < -0.4 is 0 Å². The van der Waals surface area contributed by atoms with Gasteiger partial charge in [-0.25, -0.2) is 4.39 Å². The molecule has 0 bridgehead atoms. The summed E-state index contributed by atoms with van der Waals surface area (Å²) in [6.45, 7) is 3.91. The van der Waals surface area contributed by atoms with Gasteiger partial charge in [-0.3, -0.25) is 0 Å². The molecule has 1 aliphatic carbocycles. The zero-order chi connectivity index (χ0) is 9.59. The number of hydrogen-bond acceptors (Lipinski definition) is 1. The van der Waals surface area contributed by atoms with E-state index < -0.39 is 6.10 Å². The van der Waals surface area contributed by atoms with Gasteiger partial charge in [0.2, 0.25) is 0 Å². The van der Waals surface area contributed by atoms with Crippen molar-refractivity contribution < 1.29 is 9.50 Å². The highest BCUT2D eigenvalue weighted by Crippen LogP contribution is 2.45. The summed E-state index contributed by atoms with van der Waals surface area (Å²) in [5.74, 6) is 0.0477. The first kappa shape index (κ1) is 8.70. The Bertz CT molecular complexity index is 335. The lowest BCUT2D eigenvalue weighted by atomic mass is 9.95. The van der Waals surface area contributed by atoms with Gasteiger partial charge in [0.05, 0.1) is 6.10 Å². The minimum Gasteiger partial charge on any atom is -0.388 e. The van der Waals surface area contributed by atoms with E-state index in [1.54, 1.807) is 6.07 Å². The number of hydrogen-bond donors (Lipinski definition) is 1. The van der Waals surface area contributed by atoms with Gasteiger partial charge in [0, 0.05) is 0 Å². The van der Waals surface area contributed by atoms with Crippen molar-refractivity contribution in [2.45, 2.75) is 25.9 Å². The molecule has 1 nitrogen and oxygen atoms in total. The molecule has 1 aliphatic rings. The number of rotatable bonds is 0.